The number of hydrogen-bond donors (Lipinski definition) is 0. The molecule has 0 bridgehead atoms. The lowest BCUT2D eigenvalue weighted by Crippen LogP contribution is -2.27. The minimum absolute atomic E-state index is 0.448. The first-order valence-corrected chi connectivity index (χ1v) is 6.24. The standard InChI is InChI=1S/C9H11IN2S/c1-5-4-13-8-7(5)11-6(2)12(3)9(8)10/h4,9H,1-3H3. The molecule has 1 unspecified atom stereocenters. The highest BCUT2D eigenvalue weighted by molar-refractivity contribution is 14.1. The summed E-state index contributed by atoms with van der Waals surface area (Å²) in [4.78, 5) is 8.17. The van der Waals surface area contributed by atoms with Crippen LogP contribution >= 0.6 is 33.9 Å². The highest BCUT2D eigenvalue weighted by atomic mass is 127. The second kappa shape index (κ2) is 3.24. The number of halogens is 1. The summed E-state index contributed by atoms with van der Waals surface area (Å²) in [5.41, 5.74) is 2.49. The predicted octanol–water partition coefficient (Wildman–Crippen LogP) is 3.49. The molecule has 0 saturated carbocycles. The fourth-order valence-corrected chi connectivity index (χ4v) is 3.49. The van der Waals surface area contributed by atoms with E-state index in [1.165, 1.54) is 16.1 Å². The van der Waals surface area contributed by atoms with Crippen LogP contribution in [0.4, 0.5) is 5.69 Å². The summed E-state index contributed by atoms with van der Waals surface area (Å²) in [6.07, 6.45) is 0. The van der Waals surface area contributed by atoms with E-state index in [0.29, 0.717) is 4.05 Å². The van der Waals surface area contributed by atoms with Gasteiger partial charge >= 0.3 is 0 Å². The van der Waals surface area contributed by atoms with Crippen molar-refractivity contribution in [2.24, 2.45) is 4.99 Å². The number of hydrogen-bond acceptors (Lipinski definition) is 3. The Kier molecular flexibility index (Phi) is 2.35. The van der Waals surface area contributed by atoms with Crippen LogP contribution in [0, 0.1) is 6.92 Å². The van der Waals surface area contributed by atoms with Crippen LogP contribution in [0.1, 0.15) is 21.4 Å². The van der Waals surface area contributed by atoms with Gasteiger partial charge in [0, 0.05) is 7.05 Å². The molecule has 13 heavy (non-hydrogen) atoms. The van der Waals surface area contributed by atoms with Gasteiger partial charge in [-0.25, -0.2) is 4.99 Å². The van der Waals surface area contributed by atoms with Crippen LogP contribution in [-0.2, 0) is 0 Å². The summed E-state index contributed by atoms with van der Waals surface area (Å²) in [5, 5.41) is 2.19. The minimum atomic E-state index is 0.448. The number of nitrogens with zero attached hydrogens (tertiary/aromatic N) is 2. The summed E-state index contributed by atoms with van der Waals surface area (Å²) in [6, 6.07) is 0. The minimum Gasteiger partial charge on any atom is -0.346 e. The zero-order valence-electron chi connectivity index (χ0n) is 7.84. The van der Waals surface area contributed by atoms with Crippen molar-refractivity contribution in [1.29, 1.82) is 0 Å². The second-order valence-electron chi connectivity index (χ2n) is 3.24. The molecular weight excluding hydrogens is 295 g/mol. The Hall–Kier alpha value is -0.100. The highest BCUT2D eigenvalue weighted by Crippen LogP contribution is 2.43. The number of fused-ring (bicyclic) bond motifs is 1. The van der Waals surface area contributed by atoms with Crippen LogP contribution in [0.2, 0.25) is 0 Å². The average molecular weight is 306 g/mol. The maximum Gasteiger partial charge on any atom is 0.118 e. The molecular formula is C9H11IN2S. The van der Waals surface area contributed by atoms with Crippen molar-refractivity contribution < 1.29 is 0 Å². The number of thiophene rings is 1. The summed E-state index contributed by atoms with van der Waals surface area (Å²) >= 11 is 4.27. The quantitative estimate of drug-likeness (QED) is 0.407. The van der Waals surface area contributed by atoms with E-state index in [4.69, 9.17) is 0 Å². The Morgan fingerprint density at radius 1 is 1.54 bits per heavy atom. The molecule has 0 aromatic carbocycles. The van der Waals surface area contributed by atoms with E-state index in [-0.39, 0.29) is 0 Å². The van der Waals surface area contributed by atoms with Crippen LogP contribution in [0.15, 0.2) is 10.4 Å². The third-order valence-corrected chi connectivity index (χ3v) is 5.33. The Balaban J connectivity index is 2.58. The maximum absolute atomic E-state index is 4.58. The monoisotopic (exact) mass is 306 g/mol. The number of rotatable bonds is 0. The fraction of sp³-hybridized carbons (Fsp3) is 0.444. The molecule has 1 aromatic rings. The lowest BCUT2D eigenvalue weighted by atomic mass is 10.2. The molecule has 0 N–H and O–H groups in total. The largest absolute Gasteiger partial charge is 0.346 e. The zero-order chi connectivity index (χ0) is 9.59. The summed E-state index contributed by atoms with van der Waals surface area (Å²) in [7, 11) is 2.09. The van der Waals surface area contributed by atoms with Crippen LogP contribution in [0.25, 0.3) is 0 Å². The smallest absolute Gasteiger partial charge is 0.118 e. The van der Waals surface area contributed by atoms with Crippen LogP contribution < -0.4 is 0 Å². The maximum atomic E-state index is 4.58. The molecule has 0 radical (unpaired) electrons. The van der Waals surface area contributed by atoms with Gasteiger partial charge in [0.25, 0.3) is 0 Å². The molecule has 0 spiro atoms. The van der Waals surface area contributed by atoms with Crippen molar-refractivity contribution in [3.63, 3.8) is 0 Å². The number of aryl methyl sites for hydroxylation is 1. The summed E-state index contributed by atoms with van der Waals surface area (Å²) < 4.78 is 0.448. The van der Waals surface area contributed by atoms with Gasteiger partial charge in [-0.3, -0.25) is 0 Å². The molecule has 1 atom stereocenters. The number of aliphatic imine (C=N–C) groups is 1. The van der Waals surface area contributed by atoms with Gasteiger partial charge in [-0.2, -0.15) is 0 Å². The van der Waals surface area contributed by atoms with Crippen molar-refractivity contribution in [2.45, 2.75) is 17.9 Å². The fourth-order valence-electron chi connectivity index (χ4n) is 1.35. The summed E-state index contributed by atoms with van der Waals surface area (Å²) in [5.74, 6) is 1.11. The lowest BCUT2D eigenvalue weighted by Gasteiger charge is -2.28. The van der Waals surface area contributed by atoms with Crippen molar-refractivity contribution in [2.75, 3.05) is 7.05 Å². The van der Waals surface area contributed by atoms with Crippen molar-refractivity contribution in [3.05, 3.63) is 15.8 Å². The zero-order valence-corrected chi connectivity index (χ0v) is 10.8. The molecule has 0 aliphatic carbocycles. The van der Waals surface area contributed by atoms with Gasteiger partial charge in [0.1, 0.15) is 9.88 Å². The van der Waals surface area contributed by atoms with E-state index in [2.05, 4.69) is 58.8 Å². The Morgan fingerprint density at radius 3 is 2.92 bits per heavy atom. The van der Waals surface area contributed by atoms with E-state index in [1.54, 1.807) is 0 Å². The molecule has 4 heteroatoms. The molecule has 70 valence electrons. The summed E-state index contributed by atoms with van der Waals surface area (Å²) in [6.45, 7) is 4.19. The van der Waals surface area contributed by atoms with Gasteiger partial charge < -0.3 is 4.90 Å². The normalized spacial score (nSPS) is 21.4. The average Bonchev–Trinajstić information content (AvgIpc) is 2.45. The van der Waals surface area contributed by atoms with Gasteiger partial charge in [-0.1, -0.05) is 22.6 Å². The van der Waals surface area contributed by atoms with Gasteiger partial charge in [0.15, 0.2) is 0 Å². The molecule has 0 fully saturated rings. The van der Waals surface area contributed by atoms with Crippen LogP contribution in [-0.4, -0.2) is 17.8 Å². The van der Waals surface area contributed by atoms with E-state index < -0.39 is 0 Å². The molecule has 0 amide bonds. The molecule has 2 rings (SSSR count). The van der Waals surface area contributed by atoms with Gasteiger partial charge in [0.2, 0.25) is 0 Å². The first-order chi connectivity index (χ1) is 6.11. The third-order valence-electron chi connectivity index (χ3n) is 2.31. The Labute approximate surface area is 95.8 Å². The van der Waals surface area contributed by atoms with E-state index in [1.807, 2.05) is 11.3 Å². The van der Waals surface area contributed by atoms with E-state index in [0.717, 1.165) is 5.84 Å². The van der Waals surface area contributed by atoms with Crippen molar-refractivity contribution in [1.82, 2.24) is 4.90 Å². The number of amidine groups is 1. The predicted molar refractivity (Wildman–Crippen MR) is 66.3 cm³/mol. The molecule has 1 aliphatic heterocycles. The topological polar surface area (TPSA) is 15.6 Å². The molecule has 2 nitrogen and oxygen atoms in total. The Morgan fingerprint density at radius 2 is 2.23 bits per heavy atom. The van der Waals surface area contributed by atoms with Crippen molar-refractivity contribution in [3.8, 4) is 0 Å². The van der Waals surface area contributed by atoms with Crippen LogP contribution in [0.3, 0.4) is 0 Å². The first kappa shape index (κ1) is 9.45. The highest BCUT2D eigenvalue weighted by Gasteiger charge is 2.25. The van der Waals surface area contributed by atoms with E-state index >= 15 is 0 Å². The lowest BCUT2D eigenvalue weighted by molar-refractivity contribution is 0.500. The first-order valence-electron chi connectivity index (χ1n) is 4.11. The van der Waals surface area contributed by atoms with Gasteiger partial charge in [0.05, 0.1) is 10.6 Å². The number of alkyl halides is 1. The van der Waals surface area contributed by atoms with Gasteiger partial charge in [-0.15, -0.1) is 11.3 Å². The molecule has 1 aliphatic rings. The van der Waals surface area contributed by atoms with Gasteiger partial charge in [-0.05, 0) is 24.8 Å². The SMILES string of the molecule is CC1=Nc2c(C)csc2C(I)N1C. The Bertz CT molecular complexity index is 370. The third kappa shape index (κ3) is 1.40. The van der Waals surface area contributed by atoms with Crippen molar-refractivity contribution >= 4 is 45.5 Å². The van der Waals surface area contributed by atoms with E-state index in [9.17, 15) is 0 Å². The molecule has 1 aromatic heterocycles. The van der Waals surface area contributed by atoms with Crippen LogP contribution in [0.5, 0.6) is 0 Å². The second-order valence-corrected chi connectivity index (χ2v) is 5.33. The molecule has 2 heterocycles. The molecule has 0 saturated heterocycles.